The number of carbonyl (C=O) groups excluding carboxylic acids is 1. The van der Waals surface area contributed by atoms with E-state index >= 15 is 0 Å². The number of aliphatic carboxylic acids is 1. The number of hydrogen-bond acceptors (Lipinski definition) is 6. The van der Waals surface area contributed by atoms with E-state index < -0.39 is 17.8 Å². The molecule has 4 atom stereocenters. The van der Waals surface area contributed by atoms with Crippen LogP contribution in [0.3, 0.4) is 0 Å². The fraction of sp³-hybridized carbons (Fsp3) is 0.238. The summed E-state index contributed by atoms with van der Waals surface area (Å²) in [5, 5.41) is 16.1. The Kier molecular flexibility index (Phi) is 4.28. The SMILES string of the molecule is O=C(Nc1nc2ccc(Nc3ccccn3)cc2s1)[C@@H]1C2C=CC(C2)[C@@H]1C(=O)O. The Morgan fingerprint density at radius 2 is 1.93 bits per heavy atom. The van der Waals surface area contributed by atoms with E-state index in [9.17, 15) is 14.7 Å². The standard InChI is InChI=1S/C21H18N4O3S/c26-19(17-11-4-5-12(9-11)18(17)20(27)28)25-21-24-14-7-6-13(10-15(14)29-21)23-16-3-1-2-8-22-16/h1-8,10-12,17-18H,9H2,(H,22,23)(H,27,28)(H,24,25,26)/t11?,12?,17-,18+/m1/s1. The van der Waals surface area contributed by atoms with Gasteiger partial charge in [-0.1, -0.05) is 29.6 Å². The number of nitrogens with zero attached hydrogens (tertiary/aromatic N) is 2. The van der Waals surface area contributed by atoms with Crippen molar-refractivity contribution in [2.75, 3.05) is 10.6 Å². The van der Waals surface area contributed by atoms with Crippen molar-refractivity contribution in [2.45, 2.75) is 6.42 Å². The van der Waals surface area contributed by atoms with Crippen LogP contribution in [0, 0.1) is 23.7 Å². The summed E-state index contributed by atoms with van der Waals surface area (Å²) in [6.45, 7) is 0. The van der Waals surface area contributed by atoms with E-state index in [4.69, 9.17) is 0 Å². The number of carboxylic acid groups (broad SMARTS) is 1. The van der Waals surface area contributed by atoms with E-state index in [1.165, 1.54) is 11.3 Å². The van der Waals surface area contributed by atoms with Gasteiger partial charge in [0, 0.05) is 11.9 Å². The van der Waals surface area contributed by atoms with Crippen molar-refractivity contribution in [1.82, 2.24) is 9.97 Å². The lowest BCUT2D eigenvalue weighted by Gasteiger charge is -2.23. The Labute approximate surface area is 170 Å². The molecular formula is C21H18N4O3S. The molecule has 1 fully saturated rings. The molecule has 2 heterocycles. The topological polar surface area (TPSA) is 104 Å². The normalized spacial score (nSPS) is 24.7. The fourth-order valence-electron chi connectivity index (χ4n) is 4.35. The van der Waals surface area contributed by atoms with Gasteiger partial charge in [-0.3, -0.25) is 9.59 Å². The summed E-state index contributed by atoms with van der Waals surface area (Å²) in [5.41, 5.74) is 1.65. The molecule has 7 nitrogen and oxygen atoms in total. The lowest BCUT2D eigenvalue weighted by molar-refractivity contribution is -0.146. The first kappa shape index (κ1) is 17.8. The maximum atomic E-state index is 12.8. The first-order chi connectivity index (χ1) is 14.1. The van der Waals surface area contributed by atoms with E-state index in [0.717, 1.165) is 28.1 Å². The van der Waals surface area contributed by atoms with E-state index in [0.29, 0.717) is 5.13 Å². The number of allylic oxidation sites excluding steroid dienone is 2. The lowest BCUT2D eigenvalue weighted by atomic mass is 9.82. The number of anilines is 3. The van der Waals surface area contributed by atoms with Crippen LogP contribution in [0.1, 0.15) is 6.42 Å². The Balaban J connectivity index is 1.35. The molecule has 29 heavy (non-hydrogen) atoms. The molecule has 2 aliphatic carbocycles. The zero-order valence-corrected chi connectivity index (χ0v) is 16.1. The van der Waals surface area contributed by atoms with Crippen LogP contribution < -0.4 is 10.6 Å². The number of carboxylic acids is 1. The van der Waals surface area contributed by atoms with Crippen LogP contribution in [0.5, 0.6) is 0 Å². The van der Waals surface area contributed by atoms with Gasteiger partial charge in [0.2, 0.25) is 5.91 Å². The molecule has 0 spiro atoms. The summed E-state index contributed by atoms with van der Waals surface area (Å²) in [4.78, 5) is 33.2. The summed E-state index contributed by atoms with van der Waals surface area (Å²) in [5.74, 6) is -1.69. The second kappa shape index (κ2) is 6.97. The van der Waals surface area contributed by atoms with Crippen molar-refractivity contribution >= 4 is 50.1 Å². The largest absolute Gasteiger partial charge is 0.481 e. The molecule has 1 amide bonds. The molecule has 1 saturated carbocycles. The van der Waals surface area contributed by atoms with E-state index in [2.05, 4.69) is 20.6 Å². The number of carbonyl (C=O) groups is 2. The van der Waals surface area contributed by atoms with Crippen molar-refractivity contribution in [3.8, 4) is 0 Å². The molecule has 2 aliphatic rings. The minimum Gasteiger partial charge on any atom is -0.481 e. The molecule has 0 saturated heterocycles. The number of pyridine rings is 1. The van der Waals surface area contributed by atoms with Crippen LogP contribution in [0.4, 0.5) is 16.6 Å². The Bertz CT molecular complexity index is 1130. The highest BCUT2D eigenvalue weighted by Crippen LogP contribution is 2.48. The van der Waals surface area contributed by atoms with Crippen molar-refractivity contribution in [1.29, 1.82) is 0 Å². The molecule has 3 N–H and O–H groups in total. The number of benzene rings is 1. The van der Waals surface area contributed by atoms with Crippen LogP contribution in [-0.4, -0.2) is 27.0 Å². The van der Waals surface area contributed by atoms with Crippen molar-refractivity contribution in [2.24, 2.45) is 23.7 Å². The molecule has 8 heteroatoms. The molecule has 5 rings (SSSR count). The maximum Gasteiger partial charge on any atom is 0.307 e. The number of thiazole rings is 1. The van der Waals surface area contributed by atoms with Gasteiger partial charge in [0.1, 0.15) is 5.82 Å². The highest BCUT2D eigenvalue weighted by molar-refractivity contribution is 7.22. The summed E-state index contributed by atoms with van der Waals surface area (Å²) in [6, 6.07) is 11.4. The average molecular weight is 406 g/mol. The molecular weight excluding hydrogens is 388 g/mol. The maximum absolute atomic E-state index is 12.8. The average Bonchev–Trinajstić information content (AvgIpc) is 3.42. The number of nitrogens with one attached hydrogen (secondary N) is 2. The minimum absolute atomic E-state index is 0.00958. The quantitative estimate of drug-likeness (QED) is 0.555. The second-order valence-corrected chi connectivity index (χ2v) is 8.40. The summed E-state index contributed by atoms with van der Waals surface area (Å²) < 4.78 is 0.920. The molecule has 2 unspecified atom stereocenters. The van der Waals surface area contributed by atoms with Gasteiger partial charge in [-0.25, -0.2) is 9.97 Å². The third kappa shape index (κ3) is 3.25. The zero-order valence-electron chi connectivity index (χ0n) is 15.3. The lowest BCUT2D eigenvalue weighted by Crippen LogP contribution is -2.36. The smallest absolute Gasteiger partial charge is 0.307 e. The molecule has 2 aromatic heterocycles. The first-order valence-corrected chi connectivity index (χ1v) is 10.2. The number of hydrogen-bond donors (Lipinski definition) is 3. The minimum atomic E-state index is -0.906. The number of aromatic nitrogens is 2. The van der Waals surface area contributed by atoms with Gasteiger partial charge in [-0.05, 0) is 48.6 Å². The van der Waals surface area contributed by atoms with Crippen LogP contribution in [0.25, 0.3) is 10.2 Å². The summed E-state index contributed by atoms with van der Waals surface area (Å²) >= 11 is 1.37. The van der Waals surface area contributed by atoms with E-state index in [1.54, 1.807) is 6.20 Å². The van der Waals surface area contributed by atoms with Gasteiger partial charge in [0.05, 0.1) is 22.1 Å². The predicted molar refractivity (Wildman–Crippen MR) is 111 cm³/mol. The third-order valence-corrected chi connectivity index (χ3v) is 6.54. The molecule has 3 aromatic rings. The van der Waals surface area contributed by atoms with Crippen LogP contribution in [-0.2, 0) is 9.59 Å². The van der Waals surface area contributed by atoms with Gasteiger partial charge < -0.3 is 15.7 Å². The van der Waals surface area contributed by atoms with Gasteiger partial charge >= 0.3 is 5.97 Å². The predicted octanol–water partition coefficient (Wildman–Crippen LogP) is 3.90. The molecule has 0 aliphatic heterocycles. The van der Waals surface area contributed by atoms with Gasteiger partial charge in [-0.2, -0.15) is 0 Å². The first-order valence-electron chi connectivity index (χ1n) is 9.39. The Morgan fingerprint density at radius 3 is 2.69 bits per heavy atom. The van der Waals surface area contributed by atoms with Crippen molar-refractivity contribution in [3.05, 3.63) is 54.7 Å². The Hall–Kier alpha value is -3.26. The van der Waals surface area contributed by atoms with Crippen LogP contribution in [0.15, 0.2) is 54.7 Å². The highest BCUT2D eigenvalue weighted by Gasteiger charge is 2.51. The molecule has 1 aromatic carbocycles. The molecule has 146 valence electrons. The van der Waals surface area contributed by atoms with Crippen LogP contribution in [0.2, 0.25) is 0 Å². The third-order valence-electron chi connectivity index (χ3n) is 5.60. The number of amides is 1. The zero-order chi connectivity index (χ0) is 20.0. The Morgan fingerprint density at radius 1 is 1.10 bits per heavy atom. The summed E-state index contributed by atoms with van der Waals surface area (Å²) in [7, 11) is 0. The van der Waals surface area contributed by atoms with Gasteiger partial charge in [-0.15, -0.1) is 0 Å². The van der Waals surface area contributed by atoms with Gasteiger partial charge in [0.15, 0.2) is 5.13 Å². The molecule has 2 bridgehead atoms. The van der Waals surface area contributed by atoms with Gasteiger partial charge in [0.25, 0.3) is 0 Å². The van der Waals surface area contributed by atoms with Crippen molar-refractivity contribution in [3.63, 3.8) is 0 Å². The van der Waals surface area contributed by atoms with Crippen molar-refractivity contribution < 1.29 is 14.7 Å². The number of rotatable bonds is 5. The highest BCUT2D eigenvalue weighted by atomic mass is 32.1. The number of fused-ring (bicyclic) bond motifs is 3. The monoisotopic (exact) mass is 406 g/mol. The van der Waals surface area contributed by atoms with E-state index in [1.807, 2.05) is 48.6 Å². The van der Waals surface area contributed by atoms with E-state index in [-0.39, 0.29) is 17.7 Å². The second-order valence-electron chi connectivity index (χ2n) is 7.37. The summed E-state index contributed by atoms with van der Waals surface area (Å²) in [6.07, 6.45) is 6.36. The molecule has 0 radical (unpaired) electrons. The fourth-order valence-corrected chi connectivity index (χ4v) is 5.25. The van der Waals surface area contributed by atoms with Crippen LogP contribution >= 0.6 is 11.3 Å².